The standard InChI is InChI=1S/C28H26BrFN8O4/c1-13-5-18(30)24(29)34-25(13)35-26(41)20-7-27(4)12-28(27,42)38(20)22(40)11-37-21-10-33-19(16-8-31-15(3)32-9-16)6-17(21)23(36-37)14(2)39/h5-6,8-10,20,42H,7,11-12H2,1-4H3,(H,34,35,41)/t20-,27-,28-/m0/s1. The molecule has 216 valence electrons. The maximum absolute atomic E-state index is 13.9. The Balaban J connectivity index is 1.31. The van der Waals surface area contributed by atoms with Crippen molar-refractivity contribution in [3.8, 4) is 11.3 Å². The zero-order valence-electron chi connectivity index (χ0n) is 23.1. The molecule has 4 aromatic heterocycles. The smallest absolute Gasteiger partial charge is 0.248 e. The summed E-state index contributed by atoms with van der Waals surface area (Å²) in [5, 5.41) is 19.0. The molecule has 1 aliphatic heterocycles. The monoisotopic (exact) mass is 636 g/mol. The number of amides is 2. The Morgan fingerprint density at radius 2 is 1.88 bits per heavy atom. The summed E-state index contributed by atoms with van der Waals surface area (Å²) >= 11 is 3.02. The molecule has 2 amide bonds. The van der Waals surface area contributed by atoms with Gasteiger partial charge in [-0.3, -0.25) is 24.0 Å². The molecule has 0 spiro atoms. The number of aryl methyl sites for hydroxylation is 2. The molecular weight excluding hydrogens is 611 g/mol. The van der Waals surface area contributed by atoms with Crippen LogP contribution in [0.5, 0.6) is 0 Å². The Morgan fingerprint density at radius 1 is 1.17 bits per heavy atom. The number of nitrogens with zero attached hydrogens (tertiary/aromatic N) is 7. The average molecular weight is 637 g/mol. The fourth-order valence-electron chi connectivity index (χ4n) is 5.70. The van der Waals surface area contributed by atoms with Crippen molar-refractivity contribution in [3.63, 3.8) is 0 Å². The van der Waals surface area contributed by atoms with E-state index in [2.05, 4.69) is 46.3 Å². The van der Waals surface area contributed by atoms with Crippen LogP contribution in [0.3, 0.4) is 0 Å². The molecule has 0 radical (unpaired) electrons. The predicted octanol–water partition coefficient (Wildman–Crippen LogP) is 3.34. The summed E-state index contributed by atoms with van der Waals surface area (Å²) in [4.78, 5) is 57.9. The number of Topliss-reactive ketones (excluding diaryl/α,β-unsaturated/α-hetero) is 1. The van der Waals surface area contributed by atoms with Crippen LogP contribution < -0.4 is 5.32 Å². The summed E-state index contributed by atoms with van der Waals surface area (Å²) < 4.78 is 15.2. The Bertz CT molecular complexity index is 1810. The van der Waals surface area contributed by atoms with E-state index in [-0.39, 0.29) is 34.9 Å². The number of rotatable bonds is 6. The maximum Gasteiger partial charge on any atom is 0.248 e. The molecule has 1 aliphatic carbocycles. The molecule has 0 aromatic carbocycles. The lowest BCUT2D eigenvalue weighted by Gasteiger charge is -2.30. The quantitative estimate of drug-likeness (QED) is 0.239. The molecule has 4 aromatic rings. The van der Waals surface area contributed by atoms with Crippen LogP contribution in [0, 0.1) is 25.1 Å². The molecule has 5 heterocycles. The lowest BCUT2D eigenvalue weighted by atomic mass is 10.0. The summed E-state index contributed by atoms with van der Waals surface area (Å²) in [5.41, 5.74) is 0.00186. The van der Waals surface area contributed by atoms with Crippen LogP contribution in [0.4, 0.5) is 10.2 Å². The van der Waals surface area contributed by atoms with Gasteiger partial charge in [-0.15, -0.1) is 0 Å². The topological polar surface area (TPSA) is 156 Å². The number of hydrogen-bond donors (Lipinski definition) is 2. The van der Waals surface area contributed by atoms with Crippen LogP contribution in [-0.2, 0) is 16.1 Å². The van der Waals surface area contributed by atoms with Crippen LogP contribution in [0.2, 0.25) is 0 Å². The average Bonchev–Trinajstić information content (AvgIpc) is 3.19. The minimum atomic E-state index is -1.51. The van der Waals surface area contributed by atoms with Gasteiger partial charge in [0.2, 0.25) is 11.8 Å². The van der Waals surface area contributed by atoms with Gasteiger partial charge in [0.15, 0.2) is 11.6 Å². The number of anilines is 1. The highest BCUT2D eigenvalue weighted by atomic mass is 79.9. The summed E-state index contributed by atoms with van der Waals surface area (Å²) in [7, 11) is 0. The van der Waals surface area contributed by atoms with Crippen LogP contribution >= 0.6 is 15.9 Å². The van der Waals surface area contributed by atoms with Gasteiger partial charge in [0.25, 0.3) is 0 Å². The number of fused-ring (bicyclic) bond motifs is 2. The molecule has 1 saturated heterocycles. The van der Waals surface area contributed by atoms with Crippen molar-refractivity contribution in [1.82, 2.24) is 34.6 Å². The third-order valence-corrected chi connectivity index (χ3v) is 8.66. The molecular formula is C28H26BrFN8O4. The second-order valence-corrected chi connectivity index (χ2v) is 11.9. The number of halogens is 2. The molecule has 3 atom stereocenters. The third kappa shape index (κ3) is 4.45. The van der Waals surface area contributed by atoms with Crippen molar-refractivity contribution < 1.29 is 23.9 Å². The minimum absolute atomic E-state index is 0.0605. The number of hydrogen-bond acceptors (Lipinski definition) is 9. The zero-order valence-corrected chi connectivity index (χ0v) is 24.7. The van der Waals surface area contributed by atoms with Crippen LogP contribution in [0.25, 0.3) is 22.2 Å². The SMILES string of the molecule is CC(=O)c1nn(CC(=O)N2[C@H](C(=O)Nc3nc(Br)c(F)cc3C)C[C@@]3(C)C[C@@]23O)c2cnc(-c3cnc(C)nc3)cc12. The Kier molecular flexibility index (Phi) is 6.46. The number of aromatic nitrogens is 6. The van der Waals surface area contributed by atoms with Crippen molar-refractivity contribution in [3.05, 3.63) is 58.2 Å². The van der Waals surface area contributed by atoms with Gasteiger partial charge >= 0.3 is 0 Å². The van der Waals surface area contributed by atoms with E-state index in [1.54, 1.807) is 32.3 Å². The van der Waals surface area contributed by atoms with Gasteiger partial charge in [0.1, 0.15) is 40.3 Å². The number of piperidine rings is 1. The number of nitrogens with one attached hydrogen (secondary N) is 1. The molecule has 14 heteroatoms. The largest absolute Gasteiger partial charge is 0.370 e. The number of ketones is 1. The number of pyridine rings is 2. The van der Waals surface area contributed by atoms with Crippen LogP contribution in [0.15, 0.2) is 35.3 Å². The van der Waals surface area contributed by atoms with E-state index >= 15 is 0 Å². The van der Waals surface area contributed by atoms with E-state index < -0.39 is 34.8 Å². The van der Waals surface area contributed by atoms with Crippen LogP contribution in [-0.4, -0.2) is 69.1 Å². The lowest BCUT2D eigenvalue weighted by Crippen LogP contribution is -2.51. The molecule has 6 rings (SSSR count). The summed E-state index contributed by atoms with van der Waals surface area (Å²) in [5.74, 6) is -1.24. The maximum atomic E-state index is 13.9. The zero-order chi connectivity index (χ0) is 30.1. The molecule has 0 bridgehead atoms. The Labute approximate surface area is 247 Å². The first-order valence-corrected chi connectivity index (χ1v) is 14.0. The summed E-state index contributed by atoms with van der Waals surface area (Å²) in [6, 6.07) is 1.92. The Hall–Kier alpha value is -4.17. The van der Waals surface area contributed by atoms with Gasteiger partial charge in [-0.2, -0.15) is 5.10 Å². The molecule has 0 unspecified atom stereocenters. The summed E-state index contributed by atoms with van der Waals surface area (Å²) in [6.07, 6.45) is 5.32. The van der Waals surface area contributed by atoms with E-state index in [1.165, 1.54) is 28.8 Å². The van der Waals surface area contributed by atoms with Gasteiger partial charge in [0.05, 0.1) is 17.4 Å². The normalized spacial score (nSPS) is 22.7. The van der Waals surface area contributed by atoms with E-state index in [0.29, 0.717) is 40.0 Å². The van der Waals surface area contributed by atoms with E-state index in [4.69, 9.17) is 0 Å². The number of carbonyl (C=O) groups excluding carboxylic acids is 3. The highest BCUT2D eigenvalue weighted by molar-refractivity contribution is 9.10. The molecule has 42 heavy (non-hydrogen) atoms. The molecule has 2 aliphatic rings. The van der Waals surface area contributed by atoms with Crippen LogP contribution in [0.1, 0.15) is 48.6 Å². The minimum Gasteiger partial charge on any atom is -0.370 e. The number of carbonyl (C=O) groups is 3. The van der Waals surface area contributed by atoms with E-state index in [9.17, 15) is 23.9 Å². The van der Waals surface area contributed by atoms with Crippen molar-refractivity contribution in [2.24, 2.45) is 5.41 Å². The van der Waals surface area contributed by atoms with Gasteiger partial charge < -0.3 is 15.3 Å². The first-order chi connectivity index (χ1) is 19.8. The lowest BCUT2D eigenvalue weighted by molar-refractivity contribution is -0.151. The number of likely N-dealkylation sites (tertiary alicyclic amines) is 1. The third-order valence-electron chi connectivity index (χ3n) is 8.10. The molecule has 2 N–H and O–H groups in total. The van der Waals surface area contributed by atoms with Crippen molar-refractivity contribution in [2.75, 3.05) is 5.32 Å². The predicted molar refractivity (Wildman–Crippen MR) is 151 cm³/mol. The van der Waals surface area contributed by atoms with Crippen molar-refractivity contribution in [2.45, 2.75) is 58.8 Å². The Morgan fingerprint density at radius 3 is 2.57 bits per heavy atom. The van der Waals surface area contributed by atoms with Gasteiger partial charge in [-0.1, -0.05) is 6.92 Å². The molecule has 12 nitrogen and oxygen atoms in total. The fourth-order valence-corrected chi connectivity index (χ4v) is 5.99. The number of aliphatic hydroxyl groups is 1. The van der Waals surface area contributed by atoms with Crippen molar-refractivity contribution >= 4 is 50.2 Å². The van der Waals surface area contributed by atoms with E-state index in [0.717, 1.165) is 0 Å². The van der Waals surface area contributed by atoms with Gasteiger partial charge in [-0.25, -0.2) is 19.3 Å². The van der Waals surface area contributed by atoms with Crippen molar-refractivity contribution in [1.29, 1.82) is 0 Å². The molecule has 2 fully saturated rings. The van der Waals surface area contributed by atoms with Gasteiger partial charge in [0, 0.05) is 42.1 Å². The van der Waals surface area contributed by atoms with Gasteiger partial charge in [-0.05, 0) is 53.9 Å². The summed E-state index contributed by atoms with van der Waals surface area (Å²) in [6.45, 7) is 6.22. The highest BCUT2D eigenvalue weighted by Crippen LogP contribution is 2.66. The molecule has 1 saturated carbocycles. The first kappa shape index (κ1) is 28.0. The first-order valence-electron chi connectivity index (χ1n) is 13.2. The van der Waals surface area contributed by atoms with E-state index in [1.807, 2.05) is 6.92 Å². The second kappa shape index (κ2) is 9.70. The fraction of sp³-hybridized carbons (Fsp3) is 0.357. The highest BCUT2D eigenvalue weighted by Gasteiger charge is 2.75. The second-order valence-electron chi connectivity index (χ2n) is 11.1.